The molecule has 0 saturated heterocycles. The molecule has 2 aromatic carbocycles. The van der Waals surface area contributed by atoms with E-state index in [1.54, 1.807) is 6.07 Å². The van der Waals surface area contributed by atoms with Crippen LogP contribution in [0.5, 0.6) is 5.75 Å². The molecule has 0 aliphatic rings. The molecule has 0 spiro atoms. The van der Waals surface area contributed by atoms with Crippen molar-refractivity contribution >= 4 is 17.6 Å². The van der Waals surface area contributed by atoms with Crippen LogP contribution in [0, 0.1) is 6.92 Å². The van der Waals surface area contributed by atoms with Crippen molar-refractivity contribution in [3.05, 3.63) is 64.7 Å². The zero-order valence-electron chi connectivity index (χ0n) is 14.2. The first-order chi connectivity index (χ1) is 12.1. The third kappa shape index (κ3) is 6.64. The minimum atomic E-state index is -0.719. The van der Waals surface area contributed by atoms with E-state index < -0.39 is 6.10 Å². The van der Waals surface area contributed by atoms with Crippen LogP contribution in [0.25, 0.3) is 0 Å². The largest absolute Gasteiger partial charge is 0.493 e. The molecule has 0 aliphatic carbocycles. The Balaban J connectivity index is 1.59. The number of aliphatic hydroxyl groups is 1. The van der Waals surface area contributed by atoms with E-state index in [4.69, 9.17) is 16.3 Å². The molecule has 2 aromatic rings. The molecule has 0 aliphatic heterocycles. The van der Waals surface area contributed by atoms with Gasteiger partial charge in [0.05, 0.1) is 12.7 Å². The Bertz CT molecular complexity index is 680. The van der Waals surface area contributed by atoms with Gasteiger partial charge < -0.3 is 20.5 Å². The summed E-state index contributed by atoms with van der Waals surface area (Å²) in [6.45, 7) is 3.08. The fourth-order valence-corrected chi connectivity index (χ4v) is 2.50. The van der Waals surface area contributed by atoms with E-state index in [2.05, 4.69) is 10.6 Å². The van der Waals surface area contributed by atoms with Gasteiger partial charge in [0, 0.05) is 18.1 Å². The first kappa shape index (κ1) is 19.1. The lowest BCUT2D eigenvalue weighted by molar-refractivity contribution is 0.173. The van der Waals surface area contributed by atoms with Crippen LogP contribution in [0.2, 0.25) is 5.02 Å². The molecule has 0 fully saturated rings. The second kappa shape index (κ2) is 9.91. The number of benzene rings is 2. The SMILES string of the molecule is Cc1cc(Cl)ccc1OCCCNC(=O)NCC(O)c1ccccc1. The van der Waals surface area contributed by atoms with Crippen LogP contribution in [0.3, 0.4) is 0 Å². The molecule has 6 heteroatoms. The topological polar surface area (TPSA) is 70.6 Å². The third-order valence-corrected chi connectivity index (χ3v) is 3.88. The maximum absolute atomic E-state index is 11.7. The average molecular weight is 363 g/mol. The minimum absolute atomic E-state index is 0.163. The number of hydrogen-bond donors (Lipinski definition) is 3. The molecular formula is C19H23ClN2O3. The van der Waals surface area contributed by atoms with E-state index in [9.17, 15) is 9.90 Å². The molecule has 0 aromatic heterocycles. The van der Waals surface area contributed by atoms with Crippen molar-refractivity contribution in [3.63, 3.8) is 0 Å². The van der Waals surface area contributed by atoms with Crippen LogP contribution in [-0.4, -0.2) is 30.8 Å². The molecule has 1 unspecified atom stereocenters. The minimum Gasteiger partial charge on any atom is -0.493 e. The molecule has 2 amide bonds. The van der Waals surface area contributed by atoms with E-state index in [0.29, 0.717) is 24.6 Å². The number of nitrogens with one attached hydrogen (secondary N) is 2. The molecule has 2 rings (SSSR count). The number of carbonyl (C=O) groups excluding carboxylic acids is 1. The molecule has 1 atom stereocenters. The highest BCUT2D eigenvalue weighted by Gasteiger charge is 2.08. The van der Waals surface area contributed by atoms with Crippen molar-refractivity contribution in [1.82, 2.24) is 10.6 Å². The van der Waals surface area contributed by atoms with Gasteiger partial charge in [-0.15, -0.1) is 0 Å². The highest BCUT2D eigenvalue weighted by atomic mass is 35.5. The van der Waals surface area contributed by atoms with Crippen molar-refractivity contribution in [3.8, 4) is 5.75 Å². The van der Waals surface area contributed by atoms with E-state index in [1.807, 2.05) is 49.4 Å². The van der Waals surface area contributed by atoms with Gasteiger partial charge >= 0.3 is 6.03 Å². The Hall–Kier alpha value is -2.24. The van der Waals surface area contributed by atoms with Gasteiger partial charge in [-0.2, -0.15) is 0 Å². The van der Waals surface area contributed by atoms with Crippen molar-refractivity contribution < 1.29 is 14.6 Å². The van der Waals surface area contributed by atoms with Gasteiger partial charge in [-0.25, -0.2) is 4.79 Å². The molecule has 5 nitrogen and oxygen atoms in total. The Labute approximate surface area is 153 Å². The highest BCUT2D eigenvalue weighted by Crippen LogP contribution is 2.21. The number of rotatable bonds is 8. The van der Waals surface area contributed by atoms with Gasteiger partial charge in [-0.3, -0.25) is 0 Å². The summed E-state index contributed by atoms with van der Waals surface area (Å²) in [4.78, 5) is 11.7. The van der Waals surface area contributed by atoms with E-state index in [1.165, 1.54) is 0 Å². The summed E-state index contributed by atoms with van der Waals surface area (Å²) in [5, 5.41) is 16.0. The number of halogens is 1. The molecule has 134 valence electrons. The maximum atomic E-state index is 11.7. The van der Waals surface area contributed by atoms with Crippen LogP contribution >= 0.6 is 11.6 Å². The summed E-state index contributed by atoms with van der Waals surface area (Å²) in [6.07, 6.45) is -0.0420. The third-order valence-electron chi connectivity index (χ3n) is 3.64. The van der Waals surface area contributed by atoms with Crippen LogP contribution in [0.4, 0.5) is 4.79 Å². The molecule has 3 N–H and O–H groups in total. The van der Waals surface area contributed by atoms with Gasteiger partial charge in [0.25, 0.3) is 0 Å². The van der Waals surface area contributed by atoms with E-state index >= 15 is 0 Å². The lowest BCUT2D eigenvalue weighted by Crippen LogP contribution is -2.38. The monoisotopic (exact) mass is 362 g/mol. The number of aryl methyl sites for hydroxylation is 1. The number of aliphatic hydroxyl groups excluding tert-OH is 1. The summed E-state index contributed by atoms with van der Waals surface area (Å²) in [5.41, 5.74) is 1.75. The molecule has 0 bridgehead atoms. The summed E-state index contributed by atoms with van der Waals surface area (Å²) in [5.74, 6) is 0.792. The van der Waals surface area contributed by atoms with Crippen molar-refractivity contribution in [2.45, 2.75) is 19.4 Å². The number of hydrogen-bond acceptors (Lipinski definition) is 3. The number of urea groups is 1. The van der Waals surface area contributed by atoms with Crippen LogP contribution < -0.4 is 15.4 Å². The van der Waals surface area contributed by atoms with Crippen molar-refractivity contribution in [1.29, 1.82) is 0 Å². The average Bonchev–Trinajstić information content (AvgIpc) is 2.61. The van der Waals surface area contributed by atoms with Gasteiger partial charge in [-0.05, 0) is 42.7 Å². The molecular weight excluding hydrogens is 340 g/mol. The van der Waals surface area contributed by atoms with Crippen molar-refractivity contribution in [2.75, 3.05) is 19.7 Å². The van der Waals surface area contributed by atoms with Crippen LogP contribution in [-0.2, 0) is 0 Å². The van der Waals surface area contributed by atoms with Crippen LogP contribution in [0.15, 0.2) is 48.5 Å². The zero-order chi connectivity index (χ0) is 18.1. The first-order valence-electron chi connectivity index (χ1n) is 8.20. The normalized spacial score (nSPS) is 11.6. The second-order valence-electron chi connectivity index (χ2n) is 5.68. The summed E-state index contributed by atoms with van der Waals surface area (Å²) < 4.78 is 5.66. The first-order valence-corrected chi connectivity index (χ1v) is 8.57. The van der Waals surface area contributed by atoms with Crippen LogP contribution in [0.1, 0.15) is 23.7 Å². The fraction of sp³-hybridized carbons (Fsp3) is 0.316. The van der Waals surface area contributed by atoms with Gasteiger partial charge in [-0.1, -0.05) is 41.9 Å². The van der Waals surface area contributed by atoms with E-state index in [0.717, 1.165) is 16.9 Å². The Morgan fingerprint density at radius 3 is 2.68 bits per heavy atom. The zero-order valence-corrected chi connectivity index (χ0v) is 14.9. The molecule has 0 heterocycles. The molecule has 0 radical (unpaired) electrons. The molecule has 25 heavy (non-hydrogen) atoms. The second-order valence-corrected chi connectivity index (χ2v) is 6.11. The lowest BCUT2D eigenvalue weighted by atomic mass is 10.1. The Morgan fingerprint density at radius 1 is 1.20 bits per heavy atom. The van der Waals surface area contributed by atoms with Crippen molar-refractivity contribution in [2.24, 2.45) is 0 Å². The van der Waals surface area contributed by atoms with E-state index in [-0.39, 0.29) is 12.6 Å². The highest BCUT2D eigenvalue weighted by molar-refractivity contribution is 6.30. The maximum Gasteiger partial charge on any atom is 0.314 e. The Kier molecular flexibility index (Phi) is 7.57. The van der Waals surface area contributed by atoms with Gasteiger partial charge in [0.2, 0.25) is 0 Å². The summed E-state index contributed by atoms with van der Waals surface area (Å²) in [7, 11) is 0. The fourth-order valence-electron chi connectivity index (χ4n) is 2.28. The Morgan fingerprint density at radius 2 is 1.96 bits per heavy atom. The summed E-state index contributed by atoms with van der Waals surface area (Å²) in [6, 6.07) is 14.4. The predicted octanol–water partition coefficient (Wildman–Crippen LogP) is 3.45. The van der Waals surface area contributed by atoms with Gasteiger partial charge in [0.1, 0.15) is 5.75 Å². The quantitative estimate of drug-likeness (QED) is 0.630. The smallest absolute Gasteiger partial charge is 0.314 e. The number of carbonyl (C=O) groups is 1. The summed E-state index contributed by atoms with van der Waals surface area (Å²) >= 11 is 5.90. The van der Waals surface area contributed by atoms with Gasteiger partial charge in [0.15, 0.2) is 0 Å². The number of ether oxygens (including phenoxy) is 1. The number of amides is 2. The predicted molar refractivity (Wildman–Crippen MR) is 99.1 cm³/mol. The molecule has 0 saturated carbocycles. The lowest BCUT2D eigenvalue weighted by Gasteiger charge is -2.13. The standard InChI is InChI=1S/C19H23ClN2O3/c1-14-12-16(20)8-9-18(14)25-11-5-10-21-19(24)22-13-17(23)15-6-3-2-4-7-15/h2-4,6-9,12,17,23H,5,10-11,13H2,1H3,(H2,21,22,24).